The van der Waals surface area contributed by atoms with Crippen LogP contribution < -0.4 is 10.5 Å². The summed E-state index contributed by atoms with van der Waals surface area (Å²) in [6.45, 7) is 8.89. The number of rotatable bonds is 4. The summed E-state index contributed by atoms with van der Waals surface area (Å²) in [5.41, 5.74) is 5.54. The highest BCUT2D eigenvalue weighted by atomic mass is 16.6. The molecule has 0 aliphatic carbocycles. The molecule has 0 saturated carbocycles. The number of aliphatic imine (C=N–C) groups is 1. The van der Waals surface area contributed by atoms with Gasteiger partial charge in [0.15, 0.2) is 5.96 Å². The zero-order valence-corrected chi connectivity index (χ0v) is 15.1. The van der Waals surface area contributed by atoms with Gasteiger partial charge in [-0.3, -0.25) is 4.98 Å². The van der Waals surface area contributed by atoms with E-state index < -0.39 is 5.60 Å². The molecule has 1 fully saturated rings. The second-order valence-electron chi connectivity index (χ2n) is 6.73. The molecule has 2 heterocycles. The van der Waals surface area contributed by atoms with Crippen molar-refractivity contribution in [1.82, 2.24) is 14.8 Å². The number of guanidine groups is 1. The maximum atomic E-state index is 12.0. The Morgan fingerprint density at radius 1 is 1.28 bits per heavy atom. The zero-order chi connectivity index (χ0) is 18.3. The lowest BCUT2D eigenvalue weighted by Crippen LogP contribution is -2.53. The van der Waals surface area contributed by atoms with Crippen molar-refractivity contribution in [2.75, 3.05) is 39.3 Å². The Morgan fingerprint density at radius 2 is 1.96 bits per heavy atom. The van der Waals surface area contributed by atoms with Crippen LogP contribution in [0.1, 0.15) is 20.8 Å². The first-order chi connectivity index (χ1) is 11.8. The van der Waals surface area contributed by atoms with Crippen LogP contribution in [0.25, 0.3) is 0 Å². The summed E-state index contributed by atoms with van der Waals surface area (Å²) in [6.07, 6.45) is 3.07. The number of nitrogens with two attached hydrogens (primary N) is 1. The highest BCUT2D eigenvalue weighted by Gasteiger charge is 2.26. The lowest BCUT2D eigenvalue weighted by molar-refractivity contribution is 0.0186. The van der Waals surface area contributed by atoms with E-state index in [4.69, 9.17) is 15.2 Å². The van der Waals surface area contributed by atoms with Gasteiger partial charge in [0.1, 0.15) is 18.0 Å². The summed E-state index contributed by atoms with van der Waals surface area (Å²) in [7, 11) is 0. The van der Waals surface area contributed by atoms with Crippen LogP contribution >= 0.6 is 0 Å². The molecule has 0 bridgehead atoms. The Kier molecular flexibility index (Phi) is 6.44. The number of hydrogen-bond acceptors (Lipinski definition) is 5. The number of aromatic nitrogens is 1. The molecule has 25 heavy (non-hydrogen) atoms. The van der Waals surface area contributed by atoms with Gasteiger partial charge in [0.05, 0.1) is 12.7 Å². The van der Waals surface area contributed by atoms with Gasteiger partial charge in [-0.05, 0) is 32.9 Å². The van der Waals surface area contributed by atoms with Crippen molar-refractivity contribution >= 4 is 12.1 Å². The van der Waals surface area contributed by atoms with E-state index in [2.05, 4.69) is 9.98 Å². The summed E-state index contributed by atoms with van der Waals surface area (Å²) in [5.74, 6) is 1.18. The molecule has 1 saturated heterocycles. The fourth-order valence-electron chi connectivity index (χ4n) is 2.30. The first kappa shape index (κ1) is 18.8. The first-order valence-electron chi connectivity index (χ1n) is 8.41. The first-order valence-corrected chi connectivity index (χ1v) is 8.41. The molecule has 1 aromatic rings. The van der Waals surface area contributed by atoms with Crippen molar-refractivity contribution in [3.05, 3.63) is 24.5 Å². The molecule has 0 spiro atoms. The number of carbonyl (C=O) groups excluding carboxylic acids is 1. The Balaban J connectivity index is 1.71. The van der Waals surface area contributed by atoms with E-state index in [1.54, 1.807) is 17.3 Å². The van der Waals surface area contributed by atoms with Crippen LogP contribution in [-0.4, -0.2) is 71.8 Å². The van der Waals surface area contributed by atoms with Gasteiger partial charge < -0.3 is 25.0 Å². The maximum Gasteiger partial charge on any atom is 0.410 e. The van der Waals surface area contributed by atoms with Crippen LogP contribution in [0.2, 0.25) is 0 Å². The van der Waals surface area contributed by atoms with E-state index in [-0.39, 0.29) is 6.09 Å². The minimum Gasteiger partial charge on any atom is -0.490 e. The molecule has 8 heteroatoms. The lowest BCUT2D eigenvalue weighted by Gasteiger charge is -2.36. The Hall–Kier alpha value is -2.51. The fraction of sp³-hybridized carbons (Fsp3) is 0.588. The molecule has 0 unspecified atom stereocenters. The normalized spacial score (nSPS) is 15.9. The standard InChI is InChI=1S/C17H27N5O3/c1-17(2,3)25-16(23)22-10-8-21(9-11-22)15(18)20-7-12-24-14-5-4-6-19-13-14/h4-6,13H,7-12H2,1-3H3,(H2,18,20). The van der Waals surface area contributed by atoms with Crippen LogP contribution in [0.4, 0.5) is 4.79 Å². The van der Waals surface area contributed by atoms with E-state index in [1.807, 2.05) is 37.8 Å². The van der Waals surface area contributed by atoms with E-state index in [1.165, 1.54) is 0 Å². The lowest BCUT2D eigenvalue weighted by atomic mass is 10.2. The molecular formula is C17H27N5O3. The molecule has 1 aliphatic rings. The molecule has 2 N–H and O–H groups in total. The van der Waals surface area contributed by atoms with Crippen LogP contribution in [0.3, 0.4) is 0 Å². The van der Waals surface area contributed by atoms with Gasteiger partial charge in [-0.15, -0.1) is 0 Å². The van der Waals surface area contributed by atoms with Crippen LogP contribution in [0, 0.1) is 0 Å². The number of hydrogen-bond donors (Lipinski definition) is 1. The largest absolute Gasteiger partial charge is 0.490 e. The molecule has 2 rings (SSSR count). The molecule has 1 amide bonds. The monoisotopic (exact) mass is 349 g/mol. The third kappa shape index (κ3) is 6.48. The maximum absolute atomic E-state index is 12.0. The second-order valence-corrected chi connectivity index (χ2v) is 6.73. The summed E-state index contributed by atoms with van der Waals surface area (Å²) in [4.78, 5) is 24.0. The van der Waals surface area contributed by atoms with Crippen molar-refractivity contribution < 1.29 is 14.3 Å². The van der Waals surface area contributed by atoms with Gasteiger partial charge in [-0.1, -0.05) is 0 Å². The van der Waals surface area contributed by atoms with E-state index in [0.29, 0.717) is 51.0 Å². The average Bonchev–Trinajstić information content (AvgIpc) is 2.58. The SMILES string of the molecule is CC(C)(C)OC(=O)N1CCN(C(N)=NCCOc2cccnc2)CC1. The molecule has 1 aromatic heterocycles. The van der Waals surface area contributed by atoms with E-state index in [9.17, 15) is 4.79 Å². The van der Waals surface area contributed by atoms with E-state index in [0.717, 1.165) is 0 Å². The third-order valence-corrected chi connectivity index (χ3v) is 3.52. The molecule has 8 nitrogen and oxygen atoms in total. The minimum atomic E-state index is -0.483. The summed E-state index contributed by atoms with van der Waals surface area (Å²) in [6, 6.07) is 3.66. The average molecular weight is 349 g/mol. The number of ether oxygens (including phenoxy) is 2. The van der Waals surface area contributed by atoms with Crippen LogP contribution in [0.15, 0.2) is 29.5 Å². The third-order valence-electron chi connectivity index (χ3n) is 3.52. The molecule has 0 aromatic carbocycles. The van der Waals surface area contributed by atoms with Gasteiger partial charge >= 0.3 is 6.09 Å². The fourth-order valence-corrected chi connectivity index (χ4v) is 2.30. The second kappa shape index (κ2) is 8.55. The Labute approximate surface area is 148 Å². The molecule has 138 valence electrons. The predicted octanol–water partition coefficient (Wildman–Crippen LogP) is 1.33. The zero-order valence-electron chi connectivity index (χ0n) is 15.1. The number of pyridine rings is 1. The number of carbonyl (C=O) groups is 1. The number of nitrogens with zero attached hydrogens (tertiary/aromatic N) is 4. The van der Waals surface area contributed by atoms with Crippen LogP contribution in [0.5, 0.6) is 5.75 Å². The van der Waals surface area contributed by atoms with Gasteiger partial charge in [-0.25, -0.2) is 9.79 Å². The quantitative estimate of drug-likeness (QED) is 0.501. The number of amides is 1. The highest BCUT2D eigenvalue weighted by Crippen LogP contribution is 2.11. The Bertz CT molecular complexity index is 578. The summed E-state index contributed by atoms with van der Waals surface area (Å²) >= 11 is 0. The summed E-state index contributed by atoms with van der Waals surface area (Å²) < 4.78 is 10.9. The predicted molar refractivity (Wildman–Crippen MR) is 95.6 cm³/mol. The smallest absolute Gasteiger partial charge is 0.410 e. The highest BCUT2D eigenvalue weighted by molar-refractivity contribution is 5.78. The topological polar surface area (TPSA) is 93.3 Å². The molecule has 1 aliphatic heterocycles. The van der Waals surface area contributed by atoms with Gasteiger partial charge in [0.25, 0.3) is 0 Å². The molecule has 0 radical (unpaired) electrons. The minimum absolute atomic E-state index is 0.285. The van der Waals surface area contributed by atoms with Gasteiger partial charge in [0, 0.05) is 32.4 Å². The van der Waals surface area contributed by atoms with Gasteiger partial charge in [0.2, 0.25) is 0 Å². The van der Waals surface area contributed by atoms with Crippen molar-refractivity contribution in [3.8, 4) is 5.75 Å². The van der Waals surface area contributed by atoms with Crippen LogP contribution in [-0.2, 0) is 4.74 Å². The molecular weight excluding hydrogens is 322 g/mol. The molecule has 0 atom stereocenters. The van der Waals surface area contributed by atoms with Crippen molar-refractivity contribution in [2.24, 2.45) is 10.7 Å². The van der Waals surface area contributed by atoms with Crippen molar-refractivity contribution in [1.29, 1.82) is 0 Å². The van der Waals surface area contributed by atoms with Crippen molar-refractivity contribution in [3.63, 3.8) is 0 Å². The van der Waals surface area contributed by atoms with Gasteiger partial charge in [-0.2, -0.15) is 0 Å². The number of piperazine rings is 1. The Morgan fingerprint density at radius 3 is 2.56 bits per heavy atom. The summed E-state index contributed by atoms with van der Waals surface area (Å²) in [5, 5.41) is 0. The van der Waals surface area contributed by atoms with Crippen molar-refractivity contribution in [2.45, 2.75) is 26.4 Å². The van der Waals surface area contributed by atoms with E-state index >= 15 is 0 Å².